The number of ketones is 1. The highest BCUT2D eigenvalue weighted by Crippen LogP contribution is 2.30. The van der Waals surface area contributed by atoms with Crippen molar-refractivity contribution in [1.82, 2.24) is 20.4 Å². The third kappa shape index (κ3) is 4.20. The van der Waals surface area contributed by atoms with Crippen LogP contribution in [0, 0.1) is 17.8 Å². The third-order valence-electron chi connectivity index (χ3n) is 6.42. The number of nitrogens with zero attached hydrogens (tertiary/aromatic N) is 2. The van der Waals surface area contributed by atoms with Gasteiger partial charge < -0.3 is 20.1 Å². The second-order valence-corrected chi connectivity index (χ2v) is 8.53. The van der Waals surface area contributed by atoms with Crippen LogP contribution in [0.1, 0.15) is 53.6 Å². The van der Waals surface area contributed by atoms with Crippen molar-refractivity contribution < 1.29 is 24.2 Å². The van der Waals surface area contributed by atoms with E-state index in [1.807, 2.05) is 0 Å². The molecular formula is C20H28N4O5. The number of aromatic amines is 1. The van der Waals surface area contributed by atoms with Crippen molar-refractivity contribution >= 4 is 17.6 Å². The number of ether oxygens (including phenoxy) is 1. The molecule has 4 rings (SSSR count). The number of rotatable bonds is 4. The molecule has 2 amide bonds. The first-order valence-electron chi connectivity index (χ1n) is 10.3. The molecule has 2 aliphatic heterocycles. The van der Waals surface area contributed by atoms with Gasteiger partial charge in [-0.15, -0.1) is 0 Å². The van der Waals surface area contributed by atoms with Gasteiger partial charge in [0.15, 0.2) is 5.78 Å². The summed E-state index contributed by atoms with van der Waals surface area (Å²) >= 11 is 0. The Balaban J connectivity index is 1.40. The number of carbonyl (C=O) groups is 3. The van der Waals surface area contributed by atoms with Crippen molar-refractivity contribution in [3.63, 3.8) is 0 Å². The Morgan fingerprint density at radius 3 is 2.41 bits per heavy atom. The number of amides is 2. The normalized spacial score (nSPS) is 31.9. The molecule has 2 bridgehead atoms. The molecule has 3 N–H and O–H groups in total. The highest BCUT2D eigenvalue weighted by atomic mass is 16.5. The SMILES string of the molecule is CC(=O)c1cc(C(=O)N2C[C@@H]3COC[C@@H](C2)C3NC(=O)C2CCC(O)CC2)[nH]n1. The van der Waals surface area contributed by atoms with Crippen LogP contribution in [0.3, 0.4) is 0 Å². The van der Waals surface area contributed by atoms with E-state index < -0.39 is 0 Å². The van der Waals surface area contributed by atoms with Crippen LogP contribution in [0.2, 0.25) is 0 Å². The van der Waals surface area contributed by atoms with Gasteiger partial charge in [0.2, 0.25) is 5.91 Å². The van der Waals surface area contributed by atoms with Crippen LogP contribution in [0.25, 0.3) is 0 Å². The summed E-state index contributed by atoms with van der Waals surface area (Å²) in [6.45, 7) is 3.37. The molecule has 1 aliphatic carbocycles. The molecule has 0 spiro atoms. The van der Waals surface area contributed by atoms with Gasteiger partial charge in [-0.25, -0.2) is 0 Å². The van der Waals surface area contributed by atoms with Crippen molar-refractivity contribution in [3.05, 3.63) is 17.5 Å². The standard InChI is InChI=1S/C20H28N4O5/c1-11(25)16-6-17(23-22-16)20(28)24-7-13-9-29-10-14(8-24)18(13)21-19(27)12-2-4-15(26)5-3-12/h6,12-15,18,26H,2-5,7-10H2,1H3,(H,21,27)(H,22,23)/t12?,13-,14-,15?/m1/s1. The Hall–Kier alpha value is -2.26. The van der Waals surface area contributed by atoms with Crippen LogP contribution in [0.15, 0.2) is 6.07 Å². The lowest BCUT2D eigenvalue weighted by molar-refractivity contribution is -0.131. The maximum atomic E-state index is 12.9. The fraction of sp³-hybridized carbons (Fsp3) is 0.700. The molecule has 0 unspecified atom stereocenters. The van der Waals surface area contributed by atoms with Gasteiger partial charge in [-0.3, -0.25) is 19.5 Å². The molecule has 3 heterocycles. The smallest absolute Gasteiger partial charge is 0.271 e. The number of aromatic nitrogens is 2. The van der Waals surface area contributed by atoms with Crippen molar-refractivity contribution in [2.75, 3.05) is 26.3 Å². The fourth-order valence-electron chi connectivity index (χ4n) is 4.74. The molecule has 1 aromatic heterocycles. The van der Waals surface area contributed by atoms with Crippen molar-refractivity contribution in [1.29, 1.82) is 0 Å². The minimum atomic E-state index is -0.285. The van der Waals surface area contributed by atoms with E-state index in [1.165, 1.54) is 13.0 Å². The number of piperidine rings is 1. The second-order valence-electron chi connectivity index (χ2n) is 8.53. The molecule has 3 fully saturated rings. The van der Waals surface area contributed by atoms with Gasteiger partial charge in [0.1, 0.15) is 11.4 Å². The number of aliphatic hydroxyl groups is 1. The predicted octanol–water partition coefficient (Wildman–Crippen LogP) is 0.367. The van der Waals surface area contributed by atoms with Gasteiger partial charge >= 0.3 is 0 Å². The van der Waals surface area contributed by atoms with E-state index in [0.29, 0.717) is 57.7 Å². The van der Waals surface area contributed by atoms with Crippen LogP contribution in [-0.2, 0) is 9.53 Å². The number of fused-ring (bicyclic) bond motifs is 2. The van der Waals surface area contributed by atoms with E-state index in [4.69, 9.17) is 4.74 Å². The highest BCUT2D eigenvalue weighted by Gasteiger charge is 2.43. The van der Waals surface area contributed by atoms with Gasteiger partial charge in [-0.2, -0.15) is 5.10 Å². The molecule has 2 atom stereocenters. The molecular weight excluding hydrogens is 376 g/mol. The number of likely N-dealkylation sites (tertiary alicyclic amines) is 1. The number of nitrogens with one attached hydrogen (secondary N) is 2. The zero-order chi connectivity index (χ0) is 20.5. The summed E-state index contributed by atoms with van der Waals surface area (Å²) in [4.78, 5) is 38.8. The first kappa shape index (κ1) is 20.0. The topological polar surface area (TPSA) is 125 Å². The van der Waals surface area contributed by atoms with E-state index in [1.54, 1.807) is 4.90 Å². The summed E-state index contributed by atoms with van der Waals surface area (Å²) in [6, 6.07) is 1.48. The van der Waals surface area contributed by atoms with Gasteiger partial charge in [-0.05, 0) is 31.7 Å². The Kier molecular flexibility index (Phi) is 5.69. The van der Waals surface area contributed by atoms with E-state index in [9.17, 15) is 19.5 Å². The predicted molar refractivity (Wildman–Crippen MR) is 102 cm³/mol. The number of H-pyrrole nitrogens is 1. The van der Waals surface area contributed by atoms with Gasteiger partial charge in [0.25, 0.3) is 5.91 Å². The van der Waals surface area contributed by atoms with Crippen LogP contribution in [-0.4, -0.2) is 76.3 Å². The summed E-state index contributed by atoms with van der Waals surface area (Å²) in [6.07, 6.45) is 2.50. The minimum absolute atomic E-state index is 0.0123. The summed E-state index contributed by atoms with van der Waals surface area (Å²) in [5.41, 5.74) is 0.550. The van der Waals surface area contributed by atoms with Gasteiger partial charge in [0, 0.05) is 43.8 Å². The van der Waals surface area contributed by atoms with Crippen molar-refractivity contribution in [2.24, 2.45) is 17.8 Å². The largest absolute Gasteiger partial charge is 0.393 e. The maximum absolute atomic E-state index is 12.9. The molecule has 1 aromatic rings. The summed E-state index contributed by atoms with van der Waals surface area (Å²) < 4.78 is 5.69. The van der Waals surface area contributed by atoms with Crippen LogP contribution < -0.4 is 5.32 Å². The Labute approximate surface area is 169 Å². The van der Waals surface area contributed by atoms with Crippen LogP contribution in [0.4, 0.5) is 0 Å². The monoisotopic (exact) mass is 404 g/mol. The van der Waals surface area contributed by atoms with Crippen LogP contribution in [0.5, 0.6) is 0 Å². The molecule has 9 nitrogen and oxygen atoms in total. The van der Waals surface area contributed by atoms with E-state index in [2.05, 4.69) is 15.5 Å². The lowest BCUT2D eigenvalue weighted by atomic mass is 9.81. The van der Waals surface area contributed by atoms with Crippen molar-refractivity contribution in [2.45, 2.75) is 44.8 Å². The fourth-order valence-corrected chi connectivity index (χ4v) is 4.74. The Morgan fingerprint density at radius 2 is 1.83 bits per heavy atom. The Bertz CT molecular complexity index is 772. The molecule has 158 valence electrons. The summed E-state index contributed by atoms with van der Waals surface area (Å²) in [5.74, 6) is -0.317. The lowest BCUT2D eigenvalue weighted by Crippen LogP contribution is -2.62. The molecule has 2 saturated heterocycles. The lowest BCUT2D eigenvalue weighted by Gasteiger charge is -2.47. The third-order valence-corrected chi connectivity index (χ3v) is 6.42. The summed E-state index contributed by atoms with van der Waals surface area (Å²) in [5, 5.41) is 19.4. The molecule has 0 aromatic carbocycles. The molecule has 29 heavy (non-hydrogen) atoms. The highest BCUT2D eigenvalue weighted by molar-refractivity contribution is 5.97. The van der Waals surface area contributed by atoms with Gasteiger partial charge in [0.05, 0.1) is 19.3 Å². The number of aliphatic hydroxyl groups excluding tert-OH is 1. The van der Waals surface area contributed by atoms with Gasteiger partial charge in [-0.1, -0.05) is 0 Å². The van der Waals surface area contributed by atoms with E-state index in [-0.39, 0.29) is 53.2 Å². The van der Waals surface area contributed by atoms with E-state index >= 15 is 0 Å². The molecule has 0 radical (unpaired) electrons. The number of Topliss-reactive ketones (excluding diaryl/α,β-unsaturated/α-hetero) is 1. The average Bonchev–Trinajstić information content (AvgIpc) is 3.18. The quantitative estimate of drug-likeness (QED) is 0.623. The minimum Gasteiger partial charge on any atom is -0.393 e. The Morgan fingerprint density at radius 1 is 1.17 bits per heavy atom. The molecule has 9 heteroatoms. The maximum Gasteiger partial charge on any atom is 0.271 e. The van der Waals surface area contributed by atoms with E-state index in [0.717, 1.165) is 0 Å². The van der Waals surface area contributed by atoms with Crippen LogP contribution >= 0.6 is 0 Å². The zero-order valence-corrected chi connectivity index (χ0v) is 16.6. The number of carbonyl (C=O) groups excluding carboxylic acids is 3. The molecule has 3 aliphatic rings. The average molecular weight is 404 g/mol. The number of hydrogen-bond donors (Lipinski definition) is 3. The summed E-state index contributed by atoms with van der Waals surface area (Å²) in [7, 11) is 0. The first-order valence-corrected chi connectivity index (χ1v) is 10.3. The molecule has 1 saturated carbocycles. The first-order chi connectivity index (χ1) is 13.9. The zero-order valence-electron chi connectivity index (χ0n) is 16.6. The second kappa shape index (κ2) is 8.23. The van der Waals surface area contributed by atoms with Crippen molar-refractivity contribution in [3.8, 4) is 0 Å². The number of hydrogen-bond acceptors (Lipinski definition) is 6.